The molecule has 0 saturated carbocycles. The molecule has 0 bridgehead atoms. The van der Waals surface area contributed by atoms with Crippen LogP contribution in [0.4, 0.5) is 0 Å². The number of nitrogens with zero attached hydrogens (tertiary/aromatic N) is 1. The van der Waals surface area contributed by atoms with Gasteiger partial charge in [-0.05, 0) is 29.7 Å². The van der Waals surface area contributed by atoms with E-state index in [1.54, 1.807) is 6.07 Å². The number of hydrogen-bond acceptors (Lipinski definition) is 4. The first-order valence-corrected chi connectivity index (χ1v) is 10.2. The molecule has 1 aromatic heterocycles. The molecule has 0 aliphatic carbocycles. The van der Waals surface area contributed by atoms with Gasteiger partial charge in [-0.15, -0.1) is 11.3 Å². The van der Waals surface area contributed by atoms with Crippen LogP contribution in [-0.4, -0.2) is 33.0 Å². The van der Waals surface area contributed by atoms with Gasteiger partial charge in [0.05, 0.1) is 17.4 Å². The Labute approximate surface area is 151 Å². The van der Waals surface area contributed by atoms with Crippen LogP contribution in [0.15, 0.2) is 40.6 Å². The molecule has 4 nitrogen and oxygen atoms in total. The number of halogens is 1. The summed E-state index contributed by atoms with van der Waals surface area (Å²) in [6.45, 7) is 2.61. The van der Waals surface area contributed by atoms with E-state index in [1.165, 1.54) is 17.2 Å². The summed E-state index contributed by atoms with van der Waals surface area (Å²) in [4.78, 5) is 2.27. The van der Waals surface area contributed by atoms with Gasteiger partial charge in [-0.25, -0.2) is 8.42 Å². The van der Waals surface area contributed by atoms with E-state index in [1.807, 2.05) is 0 Å². The number of fused-ring (bicyclic) bond motifs is 1. The molecule has 0 unspecified atom stereocenters. The third-order valence-corrected chi connectivity index (χ3v) is 6.93. The van der Waals surface area contributed by atoms with Crippen molar-refractivity contribution in [3.05, 3.63) is 51.9 Å². The van der Waals surface area contributed by atoms with Crippen molar-refractivity contribution in [3.8, 4) is 11.8 Å². The molecule has 3 rings (SSSR count). The van der Waals surface area contributed by atoms with Crippen molar-refractivity contribution in [3.63, 3.8) is 0 Å². The SMILES string of the molecule is O=S(=O)(NCC#CCN1CCc2ccccc2C1)c1ccc(Cl)s1. The number of thiophene rings is 1. The Kier molecular flexibility index (Phi) is 5.59. The third-order valence-electron chi connectivity index (χ3n) is 3.80. The highest BCUT2D eigenvalue weighted by molar-refractivity contribution is 7.91. The predicted molar refractivity (Wildman–Crippen MR) is 97.7 cm³/mol. The third kappa shape index (κ3) is 4.38. The first kappa shape index (κ1) is 17.5. The van der Waals surface area contributed by atoms with E-state index in [4.69, 9.17) is 11.6 Å². The fraction of sp³-hybridized carbons (Fsp3) is 0.294. The zero-order chi connectivity index (χ0) is 17.0. The molecule has 2 aromatic rings. The maximum absolute atomic E-state index is 12.0. The Balaban J connectivity index is 1.49. The van der Waals surface area contributed by atoms with Crippen molar-refractivity contribution in [1.82, 2.24) is 9.62 Å². The average molecular weight is 381 g/mol. The molecular weight excluding hydrogens is 364 g/mol. The fourth-order valence-corrected chi connectivity index (χ4v) is 5.01. The Hall–Kier alpha value is -1.36. The minimum Gasteiger partial charge on any atom is -0.288 e. The topological polar surface area (TPSA) is 49.4 Å². The number of hydrogen-bond donors (Lipinski definition) is 1. The largest absolute Gasteiger partial charge is 0.288 e. The lowest BCUT2D eigenvalue weighted by Crippen LogP contribution is -2.30. The van der Waals surface area contributed by atoms with E-state index in [0.29, 0.717) is 10.9 Å². The van der Waals surface area contributed by atoms with Crippen molar-refractivity contribution in [2.45, 2.75) is 17.2 Å². The van der Waals surface area contributed by atoms with Gasteiger partial charge in [0.1, 0.15) is 4.21 Å². The van der Waals surface area contributed by atoms with Gasteiger partial charge in [-0.2, -0.15) is 4.72 Å². The number of benzene rings is 1. The highest BCUT2D eigenvalue weighted by atomic mass is 35.5. The van der Waals surface area contributed by atoms with Crippen LogP contribution >= 0.6 is 22.9 Å². The smallest absolute Gasteiger partial charge is 0.250 e. The zero-order valence-electron chi connectivity index (χ0n) is 13.0. The van der Waals surface area contributed by atoms with Crippen LogP contribution in [0.1, 0.15) is 11.1 Å². The van der Waals surface area contributed by atoms with Gasteiger partial charge in [0.25, 0.3) is 10.0 Å². The molecule has 2 heterocycles. The molecule has 0 amide bonds. The highest BCUT2D eigenvalue weighted by Gasteiger charge is 2.16. The molecular formula is C17H17ClN2O2S2. The number of rotatable bonds is 4. The standard InChI is InChI=1S/C17H17ClN2O2S2/c18-16-7-8-17(23-16)24(21,22)19-10-3-4-11-20-12-9-14-5-1-2-6-15(14)13-20/h1-2,5-8,19H,9-13H2. The number of nitrogens with one attached hydrogen (secondary N) is 1. The summed E-state index contributed by atoms with van der Waals surface area (Å²) in [5, 5.41) is 0. The molecule has 1 aromatic carbocycles. The van der Waals surface area contributed by atoms with E-state index in [0.717, 1.165) is 30.8 Å². The van der Waals surface area contributed by atoms with Gasteiger partial charge < -0.3 is 0 Å². The summed E-state index contributed by atoms with van der Waals surface area (Å²) < 4.78 is 27.2. The van der Waals surface area contributed by atoms with Crippen LogP contribution in [0, 0.1) is 11.8 Å². The van der Waals surface area contributed by atoms with Gasteiger partial charge in [0.2, 0.25) is 0 Å². The van der Waals surface area contributed by atoms with E-state index < -0.39 is 10.0 Å². The number of sulfonamides is 1. The maximum Gasteiger partial charge on any atom is 0.250 e. The van der Waals surface area contributed by atoms with Crippen molar-refractivity contribution >= 4 is 33.0 Å². The molecule has 0 atom stereocenters. The summed E-state index contributed by atoms with van der Waals surface area (Å²) in [6.07, 6.45) is 1.03. The van der Waals surface area contributed by atoms with E-state index in [-0.39, 0.29) is 10.8 Å². The molecule has 1 N–H and O–H groups in total. The van der Waals surface area contributed by atoms with Crippen LogP contribution in [0.2, 0.25) is 4.34 Å². The van der Waals surface area contributed by atoms with Gasteiger partial charge >= 0.3 is 0 Å². The summed E-state index contributed by atoms with van der Waals surface area (Å²) in [6, 6.07) is 11.5. The molecule has 7 heteroatoms. The lowest BCUT2D eigenvalue weighted by atomic mass is 10.0. The first-order valence-electron chi connectivity index (χ1n) is 7.54. The zero-order valence-corrected chi connectivity index (χ0v) is 15.3. The lowest BCUT2D eigenvalue weighted by molar-refractivity contribution is 0.286. The second-order valence-corrected chi connectivity index (χ2v) is 9.17. The van der Waals surface area contributed by atoms with E-state index >= 15 is 0 Å². The maximum atomic E-state index is 12.0. The Bertz CT molecular complexity index is 881. The van der Waals surface area contributed by atoms with Crippen LogP contribution in [-0.2, 0) is 23.0 Å². The minimum atomic E-state index is -3.52. The van der Waals surface area contributed by atoms with Crippen LogP contribution < -0.4 is 4.72 Å². The summed E-state index contributed by atoms with van der Waals surface area (Å²) in [5.41, 5.74) is 2.75. The summed E-state index contributed by atoms with van der Waals surface area (Å²) in [7, 11) is -3.52. The van der Waals surface area contributed by atoms with Crippen molar-refractivity contribution in [1.29, 1.82) is 0 Å². The van der Waals surface area contributed by atoms with Gasteiger partial charge in [-0.1, -0.05) is 47.7 Å². The molecule has 0 radical (unpaired) electrons. The van der Waals surface area contributed by atoms with Gasteiger partial charge in [-0.3, -0.25) is 4.90 Å². The van der Waals surface area contributed by atoms with E-state index in [9.17, 15) is 8.42 Å². The van der Waals surface area contributed by atoms with Gasteiger partial charge in [0, 0.05) is 13.1 Å². The molecule has 0 spiro atoms. The molecule has 126 valence electrons. The van der Waals surface area contributed by atoms with Crippen LogP contribution in [0.25, 0.3) is 0 Å². The van der Waals surface area contributed by atoms with Crippen LogP contribution in [0.3, 0.4) is 0 Å². The van der Waals surface area contributed by atoms with Crippen LogP contribution in [0.5, 0.6) is 0 Å². The van der Waals surface area contributed by atoms with Crippen molar-refractivity contribution in [2.75, 3.05) is 19.6 Å². The van der Waals surface area contributed by atoms with E-state index in [2.05, 4.69) is 45.7 Å². The fourth-order valence-electron chi connectivity index (χ4n) is 2.56. The lowest BCUT2D eigenvalue weighted by Gasteiger charge is -2.26. The Morgan fingerprint density at radius 1 is 1.17 bits per heavy atom. The monoisotopic (exact) mass is 380 g/mol. The normalized spacial score (nSPS) is 14.7. The first-order chi connectivity index (χ1) is 11.5. The summed E-state index contributed by atoms with van der Waals surface area (Å²) in [5.74, 6) is 5.92. The molecule has 24 heavy (non-hydrogen) atoms. The minimum absolute atomic E-state index is 0.0995. The second-order valence-electron chi connectivity index (χ2n) is 5.47. The quantitative estimate of drug-likeness (QED) is 0.830. The molecule has 1 aliphatic heterocycles. The second kappa shape index (κ2) is 7.68. The van der Waals surface area contributed by atoms with Crippen molar-refractivity contribution < 1.29 is 8.42 Å². The Morgan fingerprint density at radius 3 is 2.71 bits per heavy atom. The van der Waals surface area contributed by atoms with Gasteiger partial charge in [0.15, 0.2) is 0 Å². The predicted octanol–water partition coefficient (Wildman–Crippen LogP) is 2.74. The molecule has 0 fully saturated rings. The summed E-state index contributed by atoms with van der Waals surface area (Å²) >= 11 is 6.80. The average Bonchev–Trinajstić information content (AvgIpc) is 3.02. The Morgan fingerprint density at radius 2 is 1.96 bits per heavy atom. The highest BCUT2D eigenvalue weighted by Crippen LogP contribution is 2.25. The molecule has 1 aliphatic rings. The van der Waals surface area contributed by atoms with Crippen molar-refractivity contribution in [2.24, 2.45) is 0 Å². The molecule has 0 saturated heterocycles.